The quantitative estimate of drug-likeness (QED) is 0.651. The number of aryl methyl sites for hydroxylation is 2. The Bertz CT molecular complexity index is 623. The van der Waals surface area contributed by atoms with Crippen molar-refractivity contribution in [2.24, 2.45) is 0 Å². The van der Waals surface area contributed by atoms with Crippen LogP contribution in [0, 0.1) is 6.92 Å². The molecule has 0 saturated carbocycles. The van der Waals surface area contributed by atoms with E-state index in [0.717, 1.165) is 12.1 Å². The first-order valence-corrected chi connectivity index (χ1v) is 7.62. The normalized spacial score (nSPS) is 12.1. The van der Waals surface area contributed by atoms with Gasteiger partial charge in [0, 0.05) is 5.69 Å². The first kappa shape index (κ1) is 15.4. The highest BCUT2D eigenvalue weighted by atomic mass is 32.2. The molecular weight excluding hydrogens is 286 g/mol. The number of nitrogens with zero attached hydrogens (tertiary/aromatic N) is 3. The van der Waals surface area contributed by atoms with Crippen molar-refractivity contribution >= 4 is 23.4 Å². The molecule has 1 aromatic carbocycles. The van der Waals surface area contributed by atoms with Crippen LogP contribution in [0.25, 0.3) is 0 Å². The molecule has 1 aromatic heterocycles. The van der Waals surface area contributed by atoms with Crippen molar-refractivity contribution in [1.29, 1.82) is 0 Å². The van der Waals surface area contributed by atoms with Gasteiger partial charge in [0.05, 0.1) is 5.25 Å². The van der Waals surface area contributed by atoms with E-state index in [-0.39, 0.29) is 11.2 Å². The van der Waals surface area contributed by atoms with Crippen LogP contribution in [0.1, 0.15) is 25.2 Å². The highest BCUT2D eigenvalue weighted by molar-refractivity contribution is 8.00. The maximum Gasteiger partial charge on any atom is 0.237 e. The van der Waals surface area contributed by atoms with Crippen LogP contribution in [0.2, 0.25) is 0 Å². The van der Waals surface area contributed by atoms with E-state index in [1.165, 1.54) is 22.0 Å². The van der Waals surface area contributed by atoms with Gasteiger partial charge in [0.2, 0.25) is 11.1 Å². The lowest BCUT2D eigenvalue weighted by atomic mass is 10.1. The van der Waals surface area contributed by atoms with Gasteiger partial charge in [-0.05, 0) is 38.0 Å². The lowest BCUT2D eigenvalue weighted by molar-refractivity contribution is -0.115. The summed E-state index contributed by atoms with van der Waals surface area (Å²) in [5.41, 5.74) is 2.03. The molecule has 1 amide bonds. The van der Waals surface area contributed by atoms with E-state index in [9.17, 15) is 4.79 Å². The van der Waals surface area contributed by atoms with Crippen molar-refractivity contribution in [3.05, 3.63) is 35.7 Å². The van der Waals surface area contributed by atoms with E-state index in [1.807, 2.05) is 31.2 Å². The Kier molecular flexibility index (Phi) is 4.85. The minimum atomic E-state index is -0.318. The molecule has 0 spiro atoms. The highest BCUT2D eigenvalue weighted by Crippen LogP contribution is 2.22. The monoisotopic (exact) mass is 305 g/mol. The number of thioether (sulfide) groups is 1. The molecule has 1 heterocycles. The Morgan fingerprint density at radius 2 is 2.05 bits per heavy atom. The number of carbonyl (C=O) groups is 1. The van der Waals surface area contributed by atoms with Crippen molar-refractivity contribution in [3.63, 3.8) is 0 Å². The predicted octanol–water partition coefficient (Wildman–Crippen LogP) is 1.98. The van der Waals surface area contributed by atoms with Gasteiger partial charge >= 0.3 is 0 Å². The summed E-state index contributed by atoms with van der Waals surface area (Å²) in [7, 11) is 0. The summed E-state index contributed by atoms with van der Waals surface area (Å²) in [5, 5.41) is 10.9. The van der Waals surface area contributed by atoms with Crippen molar-refractivity contribution in [2.45, 2.75) is 37.6 Å². The number of hydrogen-bond donors (Lipinski definition) is 2. The van der Waals surface area contributed by atoms with E-state index < -0.39 is 0 Å². The largest absolute Gasteiger partial charge is 0.336 e. The maximum atomic E-state index is 12.2. The third-order valence-corrected chi connectivity index (χ3v) is 4.17. The van der Waals surface area contributed by atoms with E-state index in [4.69, 9.17) is 5.84 Å². The number of nitrogens with two attached hydrogens (primary N) is 1. The minimum absolute atomic E-state index is 0.0927. The molecule has 112 valence electrons. The number of benzene rings is 1. The molecule has 2 rings (SSSR count). The summed E-state index contributed by atoms with van der Waals surface area (Å²) < 4.78 is 1.38. The molecule has 0 saturated heterocycles. The van der Waals surface area contributed by atoms with Crippen molar-refractivity contribution < 1.29 is 4.79 Å². The third-order valence-electron chi connectivity index (χ3n) is 3.12. The molecule has 21 heavy (non-hydrogen) atoms. The molecule has 0 fully saturated rings. The van der Waals surface area contributed by atoms with E-state index in [1.54, 1.807) is 6.92 Å². The minimum Gasteiger partial charge on any atom is -0.336 e. The lowest BCUT2D eigenvalue weighted by Gasteiger charge is -2.11. The number of amides is 1. The highest BCUT2D eigenvalue weighted by Gasteiger charge is 2.18. The number of aromatic nitrogens is 3. The van der Waals surface area contributed by atoms with E-state index in [2.05, 4.69) is 22.4 Å². The lowest BCUT2D eigenvalue weighted by Crippen LogP contribution is -2.23. The molecule has 0 bridgehead atoms. The van der Waals surface area contributed by atoms with Crippen LogP contribution in [0.5, 0.6) is 0 Å². The fourth-order valence-corrected chi connectivity index (χ4v) is 2.53. The first-order valence-electron chi connectivity index (χ1n) is 6.74. The smallest absolute Gasteiger partial charge is 0.237 e. The molecule has 0 aliphatic carbocycles. The molecule has 0 aliphatic rings. The molecule has 6 nitrogen and oxygen atoms in total. The summed E-state index contributed by atoms with van der Waals surface area (Å²) in [5.74, 6) is 6.29. The number of anilines is 1. The van der Waals surface area contributed by atoms with Crippen LogP contribution >= 0.6 is 11.8 Å². The number of nitrogen functional groups attached to an aromatic ring is 1. The maximum absolute atomic E-state index is 12.2. The van der Waals surface area contributed by atoms with Gasteiger partial charge in [-0.3, -0.25) is 4.79 Å². The zero-order valence-corrected chi connectivity index (χ0v) is 13.1. The zero-order chi connectivity index (χ0) is 15.4. The molecular formula is C14H19N5OS. The van der Waals surface area contributed by atoms with Crippen molar-refractivity contribution in [2.75, 3.05) is 11.2 Å². The first-order chi connectivity index (χ1) is 10.0. The Morgan fingerprint density at radius 1 is 1.38 bits per heavy atom. The molecule has 0 aliphatic heterocycles. The SMILES string of the molecule is CCc1ccc(NC(=O)C(C)Sc2nnc(C)n2N)cc1. The molecule has 0 radical (unpaired) electrons. The average molecular weight is 305 g/mol. The predicted molar refractivity (Wildman–Crippen MR) is 84.7 cm³/mol. The summed E-state index contributed by atoms with van der Waals surface area (Å²) in [4.78, 5) is 12.2. The Labute approximate surface area is 128 Å². The van der Waals surface area contributed by atoms with Gasteiger partial charge in [-0.25, -0.2) is 4.68 Å². The van der Waals surface area contributed by atoms with Crippen LogP contribution in [-0.4, -0.2) is 26.0 Å². The van der Waals surface area contributed by atoms with Gasteiger partial charge in [0.25, 0.3) is 0 Å². The van der Waals surface area contributed by atoms with Crippen LogP contribution in [0.15, 0.2) is 29.4 Å². The fourth-order valence-electron chi connectivity index (χ4n) is 1.71. The van der Waals surface area contributed by atoms with Crippen LogP contribution in [0.4, 0.5) is 5.69 Å². The molecule has 1 unspecified atom stereocenters. The van der Waals surface area contributed by atoms with Crippen LogP contribution in [0.3, 0.4) is 0 Å². The van der Waals surface area contributed by atoms with Gasteiger partial charge in [0.15, 0.2) is 0 Å². The van der Waals surface area contributed by atoms with Gasteiger partial charge < -0.3 is 11.2 Å². The van der Waals surface area contributed by atoms with E-state index >= 15 is 0 Å². The zero-order valence-electron chi connectivity index (χ0n) is 12.3. The Morgan fingerprint density at radius 3 is 2.57 bits per heavy atom. The van der Waals surface area contributed by atoms with Crippen molar-refractivity contribution in [1.82, 2.24) is 14.9 Å². The summed E-state index contributed by atoms with van der Waals surface area (Å²) in [6, 6.07) is 7.83. The van der Waals surface area contributed by atoms with Crippen molar-refractivity contribution in [3.8, 4) is 0 Å². The average Bonchev–Trinajstić information content (AvgIpc) is 2.80. The number of hydrogen-bond acceptors (Lipinski definition) is 5. The third kappa shape index (κ3) is 3.75. The summed E-state index contributed by atoms with van der Waals surface area (Å²) in [6.45, 7) is 5.67. The second-order valence-corrected chi connectivity index (χ2v) is 6.01. The van der Waals surface area contributed by atoms with Crippen LogP contribution < -0.4 is 11.2 Å². The molecule has 7 heteroatoms. The number of carbonyl (C=O) groups excluding carboxylic acids is 1. The second-order valence-electron chi connectivity index (χ2n) is 4.70. The Hall–Kier alpha value is -2.02. The topological polar surface area (TPSA) is 85.8 Å². The second kappa shape index (κ2) is 6.62. The van der Waals surface area contributed by atoms with Gasteiger partial charge in [-0.1, -0.05) is 30.8 Å². The van der Waals surface area contributed by atoms with E-state index in [0.29, 0.717) is 11.0 Å². The number of nitrogens with one attached hydrogen (secondary N) is 1. The van der Waals surface area contributed by atoms with Crippen LogP contribution in [-0.2, 0) is 11.2 Å². The molecule has 2 aromatic rings. The van der Waals surface area contributed by atoms with Gasteiger partial charge in [0.1, 0.15) is 5.82 Å². The van der Waals surface area contributed by atoms with Gasteiger partial charge in [-0.2, -0.15) is 0 Å². The summed E-state index contributed by atoms with van der Waals surface area (Å²) in [6.07, 6.45) is 0.978. The Balaban J connectivity index is 1.97. The fraction of sp³-hybridized carbons (Fsp3) is 0.357. The molecule has 3 N–H and O–H groups in total. The summed E-state index contributed by atoms with van der Waals surface area (Å²) >= 11 is 1.28. The number of rotatable bonds is 5. The van der Waals surface area contributed by atoms with Gasteiger partial charge in [-0.15, -0.1) is 10.2 Å². The standard InChI is InChI=1S/C14H19N5OS/c1-4-11-5-7-12(8-6-11)16-13(20)9(2)21-14-18-17-10(3)19(14)15/h5-9H,4,15H2,1-3H3,(H,16,20). The molecule has 1 atom stereocenters.